The van der Waals surface area contributed by atoms with Crippen molar-refractivity contribution in [1.82, 2.24) is 0 Å². The first-order valence-corrected chi connectivity index (χ1v) is 27.8. The maximum absolute atomic E-state index is 9.30. The molecule has 0 saturated carbocycles. The summed E-state index contributed by atoms with van der Waals surface area (Å²) in [5.41, 5.74) is 13.5. The molecule has 16 rings (SSSR count). The van der Waals surface area contributed by atoms with Gasteiger partial charge in [-0.3, -0.25) is 0 Å². The van der Waals surface area contributed by atoms with E-state index in [0.29, 0.717) is 5.46 Å². The lowest BCUT2D eigenvalue weighted by molar-refractivity contribution is 0.425. The quantitative estimate of drug-likeness (QED) is 0.134. The summed E-state index contributed by atoms with van der Waals surface area (Å²) >= 11 is 3.77. The van der Waals surface area contributed by atoms with E-state index >= 15 is 0 Å². The van der Waals surface area contributed by atoms with E-state index in [0.717, 1.165) is 10.0 Å². The Morgan fingerprint density at radius 1 is 0.282 bits per heavy atom. The summed E-state index contributed by atoms with van der Waals surface area (Å²) in [5, 5.41) is 39.7. The van der Waals surface area contributed by atoms with Crippen molar-refractivity contribution >= 4 is 115 Å². The molecule has 0 bridgehead atoms. The predicted molar refractivity (Wildman–Crippen MR) is 337 cm³/mol. The van der Waals surface area contributed by atoms with E-state index in [-0.39, 0.29) is 10.8 Å². The zero-order chi connectivity index (χ0) is 53.0. The summed E-state index contributed by atoms with van der Waals surface area (Å²) in [6, 6.07) is 87.5. The highest BCUT2D eigenvalue weighted by Gasteiger charge is 2.37. The fourth-order valence-corrected chi connectivity index (χ4v) is 14.1. The van der Waals surface area contributed by atoms with E-state index in [4.69, 9.17) is 0 Å². The third-order valence-electron chi connectivity index (χ3n) is 17.2. The minimum atomic E-state index is -1.41. The number of hydrogen-bond donors (Lipinski definition) is 2. The molecule has 0 fully saturated rings. The van der Waals surface area contributed by atoms with Gasteiger partial charge < -0.3 is 10.0 Å². The van der Waals surface area contributed by atoms with Gasteiger partial charge in [0, 0.05) is 15.3 Å². The van der Waals surface area contributed by atoms with Crippen LogP contribution in [0.15, 0.2) is 247 Å². The Hall–Kier alpha value is -8.38. The van der Waals surface area contributed by atoms with Crippen LogP contribution < -0.4 is 5.46 Å². The van der Waals surface area contributed by atoms with E-state index in [9.17, 15) is 10.0 Å². The Kier molecular flexibility index (Phi) is 11.3. The number of fused-ring (bicyclic) bond motifs is 22. The highest BCUT2D eigenvalue weighted by atomic mass is 79.9. The standard InChI is InChI=1S/C37H26.C22H13Br.C15H15BO2/c1-37(2)34-18-10-9-15-28(34)29-20-19-23(21-35(29)37)32-22-33-26-13-4-3-11-24(26)25-12-5-7-16-30(25)36(33)31-17-8-6-14-27(31)32;23-21-13-20-16-9-2-1-7-14(16)15-8-3-5-11-18(15)22(20)19-12-6-4-10-17(19)21;1-15(2)13-6-4-3-5-11(13)12-8-7-10(16(17)18)9-14(12)15/h3-22H,1-2H3;1-13H;3-9,17-18H,1-2H3. The highest BCUT2D eigenvalue weighted by molar-refractivity contribution is 9.10. The first-order valence-electron chi connectivity index (χ1n) is 27.0. The van der Waals surface area contributed by atoms with Crippen molar-refractivity contribution in [1.29, 1.82) is 0 Å². The van der Waals surface area contributed by atoms with Crippen molar-refractivity contribution in [2.24, 2.45) is 0 Å². The molecule has 0 unspecified atom stereocenters. The molecule has 2 aliphatic carbocycles. The molecular formula is C74H54BBrO2. The van der Waals surface area contributed by atoms with Crippen LogP contribution in [0.2, 0.25) is 0 Å². The van der Waals surface area contributed by atoms with Gasteiger partial charge in [-0.25, -0.2) is 0 Å². The molecule has 4 heteroatoms. The monoisotopic (exact) mass is 1060 g/mol. The first kappa shape index (κ1) is 48.0. The van der Waals surface area contributed by atoms with Gasteiger partial charge in [0.2, 0.25) is 0 Å². The molecule has 14 aromatic rings. The van der Waals surface area contributed by atoms with E-state index in [2.05, 4.69) is 256 Å². The summed E-state index contributed by atoms with van der Waals surface area (Å²) < 4.78 is 1.15. The van der Waals surface area contributed by atoms with Gasteiger partial charge in [0.15, 0.2) is 0 Å². The molecule has 14 aromatic carbocycles. The van der Waals surface area contributed by atoms with E-state index in [1.165, 1.54) is 136 Å². The zero-order valence-corrected chi connectivity index (χ0v) is 45.5. The van der Waals surface area contributed by atoms with Crippen LogP contribution in [0, 0.1) is 0 Å². The average Bonchev–Trinajstić information content (AvgIpc) is 4.01. The molecule has 0 amide bonds. The Labute approximate surface area is 463 Å². The van der Waals surface area contributed by atoms with E-state index in [1.54, 1.807) is 6.07 Å². The number of benzene rings is 14. The smallest absolute Gasteiger partial charge is 0.423 e. The molecule has 0 atom stereocenters. The van der Waals surface area contributed by atoms with Gasteiger partial charge in [0.1, 0.15) is 0 Å². The van der Waals surface area contributed by atoms with Gasteiger partial charge in [-0.15, -0.1) is 0 Å². The molecule has 0 radical (unpaired) electrons. The molecule has 2 nitrogen and oxygen atoms in total. The van der Waals surface area contributed by atoms with Crippen molar-refractivity contribution < 1.29 is 10.0 Å². The normalized spacial score (nSPS) is 13.5. The SMILES string of the molecule is Brc1cc2c3ccccc3c3ccccc3c2c2ccccc12.CC1(C)c2ccccc2-c2ccc(-c3cc4c5ccccc5c5ccccc5c4c4ccccc34)cc21.CC1(C)c2ccccc2-c2ccc(B(O)O)cc21. The second-order valence-corrected chi connectivity index (χ2v) is 23.0. The summed E-state index contributed by atoms with van der Waals surface area (Å²) in [7, 11) is -1.41. The third-order valence-corrected chi connectivity index (χ3v) is 17.9. The van der Waals surface area contributed by atoms with Crippen molar-refractivity contribution in [2.75, 3.05) is 0 Å². The number of halogens is 1. The molecule has 0 heterocycles. The Bertz CT molecular complexity index is 4800. The molecule has 78 heavy (non-hydrogen) atoms. The molecule has 0 aliphatic heterocycles. The second kappa shape index (κ2) is 18.4. The van der Waals surface area contributed by atoms with Gasteiger partial charge >= 0.3 is 7.12 Å². The lowest BCUT2D eigenvalue weighted by atomic mass is 9.75. The molecular weight excluding hydrogens is 1010 g/mol. The Morgan fingerprint density at radius 2 is 0.615 bits per heavy atom. The van der Waals surface area contributed by atoms with Gasteiger partial charge in [0.05, 0.1) is 0 Å². The second-order valence-electron chi connectivity index (χ2n) is 22.2. The van der Waals surface area contributed by atoms with Crippen molar-refractivity contribution in [2.45, 2.75) is 38.5 Å². The van der Waals surface area contributed by atoms with Crippen LogP contribution in [0.25, 0.3) is 120 Å². The largest absolute Gasteiger partial charge is 0.488 e. The van der Waals surface area contributed by atoms with Crippen molar-refractivity contribution in [3.8, 4) is 33.4 Å². The predicted octanol–water partition coefficient (Wildman–Crippen LogP) is 19.0. The highest BCUT2D eigenvalue weighted by Crippen LogP contribution is 2.52. The van der Waals surface area contributed by atoms with Gasteiger partial charge in [-0.05, 0) is 165 Å². The first-order chi connectivity index (χ1) is 38.0. The lowest BCUT2D eigenvalue weighted by Gasteiger charge is -2.22. The maximum Gasteiger partial charge on any atom is 0.488 e. The van der Waals surface area contributed by atoms with Crippen LogP contribution >= 0.6 is 15.9 Å². The van der Waals surface area contributed by atoms with Gasteiger partial charge in [0.25, 0.3) is 0 Å². The fraction of sp³-hybridized carbons (Fsp3) is 0.0811. The van der Waals surface area contributed by atoms with Crippen LogP contribution in [0.1, 0.15) is 49.9 Å². The van der Waals surface area contributed by atoms with Crippen LogP contribution in [0.3, 0.4) is 0 Å². The number of rotatable bonds is 2. The van der Waals surface area contributed by atoms with Gasteiger partial charge in [-0.2, -0.15) is 0 Å². The van der Waals surface area contributed by atoms with Crippen LogP contribution in [-0.2, 0) is 10.8 Å². The maximum atomic E-state index is 9.30. The topological polar surface area (TPSA) is 40.5 Å². The fourth-order valence-electron chi connectivity index (χ4n) is 13.5. The molecule has 2 aliphatic rings. The van der Waals surface area contributed by atoms with Crippen molar-refractivity contribution in [3.05, 3.63) is 269 Å². The minimum absolute atomic E-state index is 0.0164. The minimum Gasteiger partial charge on any atom is -0.423 e. The van der Waals surface area contributed by atoms with E-state index in [1.807, 2.05) is 24.3 Å². The molecule has 2 N–H and O–H groups in total. The molecule has 0 aromatic heterocycles. The molecule has 372 valence electrons. The third kappa shape index (κ3) is 7.38. The van der Waals surface area contributed by atoms with Crippen LogP contribution in [-0.4, -0.2) is 17.2 Å². The van der Waals surface area contributed by atoms with Crippen LogP contribution in [0.4, 0.5) is 0 Å². The molecule has 0 spiro atoms. The molecule has 0 saturated heterocycles. The summed E-state index contributed by atoms with van der Waals surface area (Å²) in [4.78, 5) is 0. The van der Waals surface area contributed by atoms with Crippen molar-refractivity contribution in [3.63, 3.8) is 0 Å². The van der Waals surface area contributed by atoms with E-state index < -0.39 is 7.12 Å². The Morgan fingerprint density at radius 3 is 1.10 bits per heavy atom. The zero-order valence-electron chi connectivity index (χ0n) is 43.9. The number of hydrogen-bond acceptors (Lipinski definition) is 2. The Balaban J connectivity index is 0.000000115. The summed E-state index contributed by atoms with van der Waals surface area (Å²) in [5.74, 6) is 0. The van der Waals surface area contributed by atoms with Crippen LogP contribution in [0.5, 0.6) is 0 Å². The van der Waals surface area contributed by atoms with Gasteiger partial charge in [-0.1, -0.05) is 268 Å². The average molecular weight is 1070 g/mol. The summed E-state index contributed by atoms with van der Waals surface area (Å²) in [6.45, 7) is 9.07. The lowest BCUT2D eigenvalue weighted by Crippen LogP contribution is -2.31. The summed E-state index contributed by atoms with van der Waals surface area (Å²) in [6.07, 6.45) is 0.